The maximum atomic E-state index is 13.0. The number of rotatable bonds is 10. The van der Waals surface area contributed by atoms with Gasteiger partial charge in [0, 0.05) is 20.0 Å². The first kappa shape index (κ1) is 18.5. The summed E-state index contributed by atoms with van der Waals surface area (Å²) in [6, 6.07) is 0. The van der Waals surface area contributed by atoms with Crippen LogP contribution in [0.4, 0.5) is 21.3 Å². The van der Waals surface area contributed by atoms with Crippen molar-refractivity contribution in [2.24, 2.45) is 4.52 Å². The van der Waals surface area contributed by atoms with E-state index in [9.17, 15) is 21.3 Å². The highest BCUT2D eigenvalue weighted by Crippen LogP contribution is 2.62. The van der Waals surface area contributed by atoms with Gasteiger partial charge in [-0.05, 0) is 6.42 Å². The molecule has 0 heterocycles. The van der Waals surface area contributed by atoms with Gasteiger partial charge in [-0.15, -0.1) is 4.48 Å². The van der Waals surface area contributed by atoms with Gasteiger partial charge in [0.25, 0.3) is 0 Å². The predicted octanol–water partition coefficient (Wildman–Crippen LogP) is 6.29. The van der Waals surface area contributed by atoms with Gasteiger partial charge in [-0.2, -0.15) is 12.6 Å². The molecule has 0 amide bonds. The average Bonchev–Trinajstić information content (AvgIpc) is 2.32. The Morgan fingerprint density at radius 2 is 1.89 bits per heavy atom. The lowest BCUT2D eigenvalue weighted by Gasteiger charge is -2.04. The Bertz CT molecular complexity index is 249. The van der Waals surface area contributed by atoms with Crippen LogP contribution in [0.1, 0.15) is 26.2 Å². The van der Waals surface area contributed by atoms with Crippen LogP contribution >= 0.6 is 25.3 Å². The molecule has 0 aromatic rings. The number of halogens is 5. The fourth-order valence-electron chi connectivity index (χ4n) is 0.910. The number of unbranched alkanes of at least 4 members (excludes halogenated alkanes) is 2. The first-order valence-electron chi connectivity index (χ1n) is 5.25. The Labute approximate surface area is 107 Å². The lowest BCUT2D eigenvalue weighted by molar-refractivity contribution is 0.145. The highest BCUT2D eigenvalue weighted by atomic mass is 31.3. The molecule has 0 saturated carbocycles. The summed E-state index contributed by atoms with van der Waals surface area (Å²) < 4.78 is 68.0. The van der Waals surface area contributed by atoms with Crippen LogP contribution in [0.15, 0.2) is 4.52 Å². The standard InChI is InChI=1S/C7H15F5N2OP3/c1-2-3-4-5-15-6-7-16(9)13-18(12)14(8)17(10)11/h2-7H2,1H3/q+1. The number of hydrogen-bond donors (Lipinski definition) is 0. The number of ether oxygens (including phenoxy) is 1. The van der Waals surface area contributed by atoms with Crippen molar-refractivity contribution >= 4 is 25.3 Å². The third-order valence-corrected chi connectivity index (χ3v) is 5.03. The molecule has 0 rings (SSSR count). The summed E-state index contributed by atoms with van der Waals surface area (Å²) in [5.74, 6) is 0. The van der Waals surface area contributed by atoms with E-state index in [1.165, 1.54) is 0 Å². The molecule has 0 aliphatic rings. The van der Waals surface area contributed by atoms with E-state index in [0.29, 0.717) is 6.61 Å². The minimum absolute atomic E-state index is 0.0326. The smallest absolute Gasteiger partial charge is 0.377 e. The van der Waals surface area contributed by atoms with E-state index in [-0.39, 0.29) is 12.8 Å². The molecule has 2 unspecified atom stereocenters. The molecule has 0 N–H and O–H groups in total. The molecule has 2 atom stereocenters. The largest absolute Gasteiger partial charge is 0.435 e. The Kier molecular flexibility index (Phi) is 11.7. The highest BCUT2D eigenvalue weighted by Gasteiger charge is 2.33. The molecule has 0 radical (unpaired) electrons. The van der Waals surface area contributed by atoms with E-state index in [0.717, 1.165) is 19.3 Å². The molecule has 0 fully saturated rings. The summed E-state index contributed by atoms with van der Waals surface area (Å²) in [6.45, 7) is 2.53. The Balaban J connectivity index is 3.76. The van der Waals surface area contributed by atoms with Crippen LogP contribution in [-0.4, -0.2) is 24.0 Å². The van der Waals surface area contributed by atoms with Crippen molar-refractivity contribution in [1.29, 1.82) is 0 Å². The quantitative estimate of drug-likeness (QED) is 0.203. The third-order valence-electron chi connectivity index (χ3n) is 1.74. The monoisotopic (exact) mass is 331 g/mol. The van der Waals surface area contributed by atoms with E-state index >= 15 is 0 Å². The first-order valence-corrected chi connectivity index (χ1v) is 8.83. The molecule has 18 heavy (non-hydrogen) atoms. The molecule has 0 aromatic carbocycles. The van der Waals surface area contributed by atoms with Crippen LogP contribution in [0.2, 0.25) is 0 Å². The first-order chi connectivity index (χ1) is 8.49. The molecule has 0 aromatic heterocycles. The summed E-state index contributed by atoms with van der Waals surface area (Å²) >= 11 is 0. The van der Waals surface area contributed by atoms with E-state index in [1.54, 1.807) is 0 Å². The molecular weight excluding hydrogens is 316 g/mol. The van der Waals surface area contributed by atoms with Gasteiger partial charge in [-0.1, -0.05) is 19.8 Å². The summed E-state index contributed by atoms with van der Waals surface area (Å²) in [7, 11) is -10.5. The summed E-state index contributed by atoms with van der Waals surface area (Å²) in [6.07, 6.45) is 2.68. The minimum atomic E-state index is -4.22. The maximum Gasteiger partial charge on any atom is 0.435 e. The van der Waals surface area contributed by atoms with Gasteiger partial charge in [0.1, 0.15) is 0 Å². The second kappa shape index (κ2) is 11.4. The Morgan fingerprint density at radius 1 is 1.22 bits per heavy atom. The zero-order valence-corrected chi connectivity index (χ0v) is 12.5. The number of hydrogen-bond acceptors (Lipinski definition) is 3. The van der Waals surface area contributed by atoms with Gasteiger partial charge in [0.15, 0.2) is 6.16 Å². The van der Waals surface area contributed by atoms with Crippen molar-refractivity contribution in [3.63, 3.8) is 0 Å². The average molecular weight is 331 g/mol. The molecule has 0 spiro atoms. The van der Waals surface area contributed by atoms with Gasteiger partial charge >= 0.3 is 25.3 Å². The van der Waals surface area contributed by atoms with E-state index in [2.05, 4.69) is 4.52 Å². The lowest BCUT2D eigenvalue weighted by Crippen LogP contribution is -1.98. The zero-order chi connectivity index (χ0) is 14.0. The maximum absolute atomic E-state index is 13.0. The van der Waals surface area contributed by atoms with Crippen molar-refractivity contribution in [2.45, 2.75) is 26.2 Å². The second-order valence-electron chi connectivity index (χ2n) is 3.17. The molecule has 11 heteroatoms. The zero-order valence-electron chi connectivity index (χ0n) is 9.78. The van der Waals surface area contributed by atoms with Crippen LogP contribution in [0.25, 0.3) is 0 Å². The van der Waals surface area contributed by atoms with Gasteiger partial charge in [0.05, 0.1) is 6.61 Å². The summed E-state index contributed by atoms with van der Waals surface area (Å²) in [4.78, 5) is 0. The second-order valence-corrected chi connectivity index (χ2v) is 6.93. The van der Waals surface area contributed by atoms with Crippen LogP contribution in [0.5, 0.6) is 0 Å². The minimum Gasteiger partial charge on any atom is -0.377 e. The highest BCUT2D eigenvalue weighted by molar-refractivity contribution is 7.65. The van der Waals surface area contributed by atoms with Crippen LogP contribution in [0.3, 0.4) is 0 Å². The van der Waals surface area contributed by atoms with Crippen LogP contribution in [0, 0.1) is 0 Å². The molecule has 0 aliphatic heterocycles. The Morgan fingerprint density at radius 3 is 2.44 bits per heavy atom. The van der Waals surface area contributed by atoms with E-state index < -0.39 is 29.9 Å². The SMILES string of the molecule is CCCCCOCC[P+](F)=NP(F)N(F)P(F)F. The van der Waals surface area contributed by atoms with Crippen LogP contribution < -0.4 is 0 Å². The van der Waals surface area contributed by atoms with Crippen LogP contribution in [-0.2, 0) is 4.74 Å². The Hall–Kier alpha value is 0.530. The lowest BCUT2D eigenvalue weighted by atomic mass is 10.3. The molecule has 0 saturated heterocycles. The third kappa shape index (κ3) is 9.46. The van der Waals surface area contributed by atoms with Crippen molar-refractivity contribution < 1.29 is 26.0 Å². The van der Waals surface area contributed by atoms with E-state index in [4.69, 9.17) is 4.74 Å². The van der Waals surface area contributed by atoms with Crippen molar-refractivity contribution in [3.05, 3.63) is 0 Å². The molecule has 0 bridgehead atoms. The van der Waals surface area contributed by atoms with Crippen molar-refractivity contribution in [3.8, 4) is 0 Å². The fourth-order valence-corrected chi connectivity index (χ4v) is 3.22. The number of nitrogens with zero attached hydrogens (tertiary/aromatic N) is 2. The molecule has 108 valence electrons. The van der Waals surface area contributed by atoms with Crippen molar-refractivity contribution in [1.82, 2.24) is 4.66 Å². The van der Waals surface area contributed by atoms with Crippen molar-refractivity contribution in [2.75, 3.05) is 19.4 Å². The van der Waals surface area contributed by atoms with Gasteiger partial charge in [0.2, 0.25) is 0 Å². The van der Waals surface area contributed by atoms with Gasteiger partial charge in [-0.3, -0.25) is 0 Å². The summed E-state index contributed by atoms with van der Waals surface area (Å²) in [5, 5.41) is 0. The molecule has 0 aliphatic carbocycles. The summed E-state index contributed by atoms with van der Waals surface area (Å²) in [5.41, 5.74) is 0. The molecular formula is C7H15F5N2OP3+. The topological polar surface area (TPSA) is 24.8 Å². The fraction of sp³-hybridized carbons (Fsp3) is 1.00. The van der Waals surface area contributed by atoms with Gasteiger partial charge < -0.3 is 4.74 Å². The normalized spacial score (nSPS) is 14.6. The molecule has 3 nitrogen and oxygen atoms in total. The predicted molar refractivity (Wildman–Crippen MR) is 65.8 cm³/mol. The van der Waals surface area contributed by atoms with Gasteiger partial charge in [-0.25, -0.2) is 0 Å². The van der Waals surface area contributed by atoms with E-state index in [1.807, 2.05) is 6.92 Å².